The molecule has 1 saturated heterocycles. The number of fused-ring (bicyclic) bond motifs is 1. The van der Waals surface area contributed by atoms with Crippen molar-refractivity contribution in [1.82, 2.24) is 14.8 Å². The second-order valence-electron chi connectivity index (χ2n) is 5.49. The predicted octanol–water partition coefficient (Wildman–Crippen LogP) is 1.93. The second kappa shape index (κ2) is 5.35. The van der Waals surface area contributed by atoms with E-state index in [0.717, 1.165) is 19.5 Å². The van der Waals surface area contributed by atoms with E-state index in [2.05, 4.69) is 53.0 Å². The molecule has 1 aromatic heterocycles. The van der Waals surface area contributed by atoms with Crippen molar-refractivity contribution in [1.29, 1.82) is 0 Å². The van der Waals surface area contributed by atoms with Crippen LogP contribution in [-0.2, 0) is 13.5 Å². The summed E-state index contributed by atoms with van der Waals surface area (Å²) in [5.74, 6) is 0. The molecular formula is C16H23N3. The highest BCUT2D eigenvalue weighted by atomic mass is 15.2. The Kier molecular flexibility index (Phi) is 3.58. The first-order chi connectivity index (χ1) is 9.27. The van der Waals surface area contributed by atoms with Crippen LogP contribution in [-0.4, -0.2) is 42.2 Å². The van der Waals surface area contributed by atoms with Crippen LogP contribution in [0.4, 0.5) is 0 Å². The molecule has 3 rings (SSSR count). The minimum Gasteiger partial charge on any atom is -0.347 e. The van der Waals surface area contributed by atoms with Gasteiger partial charge in [-0.1, -0.05) is 18.2 Å². The molecule has 1 aromatic carbocycles. The molecule has 0 radical (unpaired) electrons. The highest BCUT2D eigenvalue weighted by Gasteiger charge is 2.14. The smallest absolute Gasteiger partial charge is 0.0482 e. The van der Waals surface area contributed by atoms with Crippen LogP contribution in [0.3, 0.4) is 0 Å². The molecule has 1 aliphatic heterocycles. The molecule has 0 spiro atoms. The summed E-state index contributed by atoms with van der Waals surface area (Å²) in [5.41, 5.74) is 4.29. The Morgan fingerprint density at radius 1 is 1.16 bits per heavy atom. The van der Waals surface area contributed by atoms with Crippen LogP contribution in [0.15, 0.2) is 24.3 Å². The Labute approximate surface area is 115 Å². The molecule has 1 aliphatic rings. The van der Waals surface area contributed by atoms with Gasteiger partial charge in [0.2, 0.25) is 0 Å². The first-order valence-corrected chi connectivity index (χ1v) is 7.23. The Morgan fingerprint density at radius 2 is 1.89 bits per heavy atom. The van der Waals surface area contributed by atoms with Gasteiger partial charge >= 0.3 is 0 Å². The zero-order valence-corrected chi connectivity index (χ0v) is 11.9. The summed E-state index contributed by atoms with van der Waals surface area (Å²) in [6, 6.07) is 8.72. The molecule has 0 bridgehead atoms. The molecule has 3 heteroatoms. The summed E-state index contributed by atoms with van der Waals surface area (Å²) >= 11 is 0. The number of para-hydroxylation sites is 1. The maximum atomic E-state index is 3.41. The number of benzene rings is 1. The van der Waals surface area contributed by atoms with Crippen LogP contribution in [0.5, 0.6) is 0 Å². The van der Waals surface area contributed by atoms with Crippen LogP contribution < -0.4 is 5.32 Å². The molecule has 1 N–H and O–H groups in total. The summed E-state index contributed by atoms with van der Waals surface area (Å²) in [4.78, 5) is 2.56. The second-order valence-corrected chi connectivity index (χ2v) is 5.49. The van der Waals surface area contributed by atoms with Gasteiger partial charge in [0.1, 0.15) is 0 Å². The average molecular weight is 257 g/mol. The fraction of sp³-hybridized carbons (Fsp3) is 0.500. The van der Waals surface area contributed by atoms with Crippen LogP contribution in [0.1, 0.15) is 11.3 Å². The van der Waals surface area contributed by atoms with Crippen molar-refractivity contribution in [3.8, 4) is 0 Å². The summed E-state index contributed by atoms with van der Waals surface area (Å²) in [7, 11) is 2.20. The van der Waals surface area contributed by atoms with Crippen molar-refractivity contribution < 1.29 is 0 Å². The van der Waals surface area contributed by atoms with Gasteiger partial charge in [-0.25, -0.2) is 0 Å². The van der Waals surface area contributed by atoms with E-state index in [-0.39, 0.29) is 0 Å². The summed E-state index contributed by atoms with van der Waals surface area (Å²) in [5, 5.41) is 4.81. The van der Waals surface area contributed by atoms with Crippen molar-refractivity contribution in [2.75, 3.05) is 32.7 Å². The van der Waals surface area contributed by atoms with E-state index in [0.29, 0.717) is 0 Å². The third-order valence-corrected chi connectivity index (χ3v) is 4.38. The quantitative estimate of drug-likeness (QED) is 0.907. The zero-order valence-electron chi connectivity index (χ0n) is 11.9. The van der Waals surface area contributed by atoms with Gasteiger partial charge < -0.3 is 14.8 Å². The lowest BCUT2D eigenvalue weighted by atomic mass is 10.1. The number of hydrogen-bond donors (Lipinski definition) is 1. The number of aromatic nitrogens is 1. The van der Waals surface area contributed by atoms with Crippen LogP contribution in [0.2, 0.25) is 0 Å². The third kappa shape index (κ3) is 2.40. The third-order valence-electron chi connectivity index (χ3n) is 4.38. The SMILES string of the molecule is Cc1c(CCN2CCNCC2)n(C)c2ccccc12. The molecule has 3 nitrogen and oxygen atoms in total. The van der Waals surface area contributed by atoms with Gasteiger partial charge in [-0.15, -0.1) is 0 Å². The van der Waals surface area contributed by atoms with Gasteiger partial charge in [0.15, 0.2) is 0 Å². The summed E-state index contributed by atoms with van der Waals surface area (Å²) in [6.45, 7) is 8.07. The van der Waals surface area contributed by atoms with E-state index in [4.69, 9.17) is 0 Å². The van der Waals surface area contributed by atoms with Crippen molar-refractivity contribution >= 4 is 10.9 Å². The van der Waals surface area contributed by atoms with Crippen molar-refractivity contribution in [3.05, 3.63) is 35.5 Å². The van der Waals surface area contributed by atoms with Crippen LogP contribution in [0, 0.1) is 6.92 Å². The Hall–Kier alpha value is -1.32. The molecule has 19 heavy (non-hydrogen) atoms. The summed E-state index contributed by atoms with van der Waals surface area (Å²) in [6.07, 6.45) is 1.15. The first kappa shape index (κ1) is 12.7. The molecule has 0 amide bonds. The van der Waals surface area contributed by atoms with E-state index < -0.39 is 0 Å². The monoisotopic (exact) mass is 257 g/mol. The molecular weight excluding hydrogens is 234 g/mol. The lowest BCUT2D eigenvalue weighted by Crippen LogP contribution is -2.44. The minimum atomic E-state index is 1.13. The fourth-order valence-corrected chi connectivity index (χ4v) is 3.19. The van der Waals surface area contributed by atoms with E-state index in [1.54, 1.807) is 0 Å². The molecule has 1 fully saturated rings. The van der Waals surface area contributed by atoms with Gasteiger partial charge in [-0.3, -0.25) is 0 Å². The topological polar surface area (TPSA) is 20.2 Å². The van der Waals surface area contributed by atoms with Gasteiger partial charge in [-0.2, -0.15) is 0 Å². The Balaban J connectivity index is 1.80. The average Bonchev–Trinajstić information content (AvgIpc) is 2.71. The number of aryl methyl sites for hydroxylation is 2. The van der Waals surface area contributed by atoms with Crippen molar-refractivity contribution in [3.63, 3.8) is 0 Å². The molecule has 2 heterocycles. The molecule has 0 unspecified atom stereocenters. The normalized spacial score (nSPS) is 17.2. The molecule has 0 aliphatic carbocycles. The predicted molar refractivity (Wildman–Crippen MR) is 80.7 cm³/mol. The highest BCUT2D eigenvalue weighted by molar-refractivity contribution is 5.85. The summed E-state index contributed by atoms with van der Waals surface area (Å²) < 4.78 is 2.37. The van der Waals surface area contributed by atoms with Crippen LogP contribution in [0.25, 0.3) is 10.9 Å². The molecule has 0 atom stereocenters. The number of hydrogen-bond acceptors (Lipinski definition) is 2. The molecule has 0 saturated carbocycles. The van der Waals surface area contributed by atoms with E-state index in [9.17, 15) is 0 Å². The number of rotatable bonds is 3. The highest BCUT2D eigenvalue weighted by Crippen LogP contribution is 2.24. The Morgan fingerprint density at radius 3 is 2.63 bits per heavy atom. The molecule has 2 aromatic rings. The Bertz CT molecular complexity index is 526. The lowest BCUT2D eigenvalue weighted by Gasteiger charge is -2.27. The van der Waals surface area contributed by atoms with E-state index in [1.165, 1.54) is 41.8 Å². The van der Waals surface area contributed by atoms with Crippen molar-refractivity contribution in [2.24, 2.45) is 7.05 Å². The standard InChI is InChI=1S/C16H23N3/c1-13-14-5-3-4-6-16(14)18(2)15(13)7-10-19-11-8-17-9-12-19/h3-6,17H,7-12H2,1-2H3. The van der Waals surface area contributed by atoms with Crippen molar-refractivity contribution in [2.45, 2.75) is 13.3 Å². The van der Waals surface area contributed by atoms with Gasteiger partial charge in [0.25, 0.3) is 0 Å². The fourth-order valence-electron chi connectivity index (χ4n) is 3.19. The maximum absolute atomic E-state index is 3.41. The van der Waals surface area contributed by atoms with Crippen LogP contribution >= 0.6 is 0 Å². The van der Waals surface area contributed by atoms with Gasteiger partial charge in [0.05, 0.1) is 0 Å². The van der Waals surface area contributed by atoms with Gasteiger partial charge in [-0.05, 0) is 18.6 Å². The van der Waals surface area contributed by atoms with E-state index >= 15 is 0 Å². The number of nitrogens with one attached hydrogen (secondary N) is 1. The lowest BCUT2D eigenvalue weighted by molar-refractivity contribution is 0.242. The van der Waals surface area contributed by atoms with E-state index in [1.807, 2.05) is 0 Å². The molecule has 102 valence electrons. The minimum absolute atomic E-state index is 1.13. The van der Waals surface area contributed by atoms with Gasteiger partial charge in [0, 0.05) is 62.8 Å². The zero-order chi connectivity index (χ0) is 13.2. The first-order valence-electron chi connectivity index (χ1n) is 7.23. The number of piperazine rings is 1. The number of nitrogens with zero attached hydrogens (tertiary/aromatic N) is 2. The maximum Gasteiger partial charge on any atom is 0.0482 e. The largest absolute Gasteiger partial charge is 0.347 e.